The topological polar surface area (TPSA) is 83.0 Å². The van der Waals surface area contributed by atoms with E-state index >= 15 is 0 Å². The molecule has 0 saturated heterocycles. The molecule has 2 aliphatic rings. The normalized spacial score (nSPS) is 16.4. The van der Waals surface area contributed by atoms with Crippen molar-refractivity contribution >= 4 is 11.7 Å². The average molecular weight is 364 g/mol. The monoisotopic (exact) mass is 364 g/mol. The van der Waals surface area contributed by atoms with E-state index in [4.69, 9.17) is 5.73 Å². The maximum absolute atomic E-state index is 14.0. The molecule has 1 aliphatic heterocycles. The molecule has 5 nitrogen and oxygen atoms in total. The largest absolute Gasteiger partial charge is 0.383 e. The number of amides is 1. The number of nitrogens with zero attached hydrogens (tertiary/aromatic N) is 3. The molecule has 27 heavy (non-hydrogen) atoms. The molecule has 0 atom stereocenters. The van der Waals surface area contributed by atoms with Crippen LogP contribution in [0, 0.1) is 30.0 Å². The van der Waals surface area contributed by atoms with Crippen molar-refractivity contribution < 1.29 is 9.18 Å². The molecule has 1 aromatic carbocycles. The van der Waals surface area contributed by atoms with Crippen molar-refractivity contribution in [1.29, 1.82) is 5.26 Å². The molecule has 2 heterocycles. The third-order valence-electron chi connectivity index (χ3n) is 5.73. The first kappa shape index (κ1) is 17.5. The van der Waals surface area contributed by atoms with Crippen LogP contribution in [0.4, 0.5) is 10.2 Å². The van der Waals surface area contributed by atoms with Crippen LogP contribution < -0.4 is 5.73 Å². The second-order valence-corrected chi connectivity index (χ2v) is 7.38. The van der Waals surface area contributed by atoms with Gasteiger partial charge in [-0.3, -0.25) is 4.79 Å². The number of nitriles is 1. The number of benzene rings is 1. The standard InChI is InChI=1S/C21H21FN4O/c1-12-5-6-14(22)9-15(12)19-16(10-23)20(24)25-18-7-8-26(11-17(18)19)21(27)13-3-2-4-13/h5-6,9,13H,2-4,7-8,11H2,1H3,(H2,24,25). The number of aryl methyl sites for hydroxylation is 1. The number of carbonyl (C=O) groups is 1. The van der Waals surface area contributed by atoms with Crippen molar-refractivity contribution in [3.8, 4) is 17.2 Å². The van der Waals surface area contributed by atoms with Gasteiger partial charge in [-0.05, 0) is 43.0 Å². The first-order chi connectivity index (χ1) is 13.0. The van der Waals surface area contributed by atoms with Crippen molar-refractivity contribution in [3.05, 3.63) is 46.4 Å². The molecule has 0 unspecified atom stereocenters. The van der Waals surface area contributed by atoms with E-state index in [2.05, 4.69) is 11.1 Å². The van der Waals surface area contributed by atoms with Crippen LogP contribution in [-0.2, 0) is 17.8 Å². The van der Waals surface area contributed by atoms with Crippen molar-refractivity contribution in [3.63, 3.8) is 0 Å². The molecule has 0 radical (unpaired) electrons. The van der Waals surface area contributed by atoms with E-state index in [9.17, 15) is 14.4 Å². The molecule has 1 saturated carbocycles. The summed E-state index contributed by atoms with van der Waals surface area (Å²) in [4.78, 5) is 19.0. The molecule has 1 amide bonds. The number of anilines is 1. The fraction of sp³-hybridized carbons (Fsp3) is 0.381. The molecular weight excluding hydrogens is 343 g/mol. The van der Waals surface area contributed by atoms with Crippen LogP contribution in [0.2, 0.25) is 0 Å². The summed E-state index contributed by atoms with van der Waals surface area (Å²) < 4.78 is 14.0. The number of hydrogen-bond donors (Lipinski definition) is 1. The van der Waals surface area contributed by atoms with Gasteiger partial charge in [0.05, 0.1) is 5.69 Å². The second kappa shape index (κ2) is 6.66. The van der Waals surface area contributed by atoms with Gasteiger partial charge in [-0.1, -0.05) is 12.5 Å². The summed E-state index contributed by atoms with van der Waals surface area (Å²) in [7, 11) is 0. The van der Waals surface area contributed by atoms with Gasteiger partial charge in [-0.15, -0.1) is 0 Å². The Hall–Kier alpha value is -2.94. The summed E-state index contributed by atoms with van der Waals surface area (Å²) in [5, 5.41) is 9.69. The molecule has 0 bridgehead atoms. The third kappa shape index (κ3) is 2.93. The molecule has 0 spiro atoms. The summed E-state index contributed by atoms with van der Waals surface area (Å²) in [6.45, 7) is 2.86. The molecule has 138 valence electrons. The maximum Gasteiger partial charge on any atom is 0.225 e. The van der Waals surface area contributed by atoms with E-state index in [0.29, 0.717) is 30.6 Å². The molecule has 1 fully saturated rings. The van der Waals surface area contributed by atoms with Crippen LogP contribution in [-0.4, -0.2) is 22.3 Å². The number of hydrogen-bond acceptors (Lipinski definition) is 4. The molecule has 6 heteroatoms. The Bertz CT molecular complexity index is 975. The quantitative estimate of drug-likeness (QED) is 0.886. The van der Waals surface area contributed by atoms with Gasteiger partial charge in [0.15, 0.2) is 0 Å². The summed E-state index contributed by atoms with van der Waals surface area (Å²) in [5.74, 6) is 0.0720. The number of aromatic nitrogens is 1. The van der Waals surface area contributed by atoms with E-state index < -0.39 is 0 Å². The lowest BCUT2D eigenvalue weighted by Crippen LogP contribution is -2.42. The van der Waals surface area contributed by atoms with Crippen LogP contribution in [0.3, 0.4) is 0 Å². The minimum absolute atomic E-state index is 0.114. The number of pyridine rings is 1. The molecule has 1 aliphatic carbocycles. The van der Waals surface area contributed by atoms with Gasteiger partial charge in [0.2, 0.25) is 5.91 Å². The first-order valence-electron chi connectivity index (χ1n) is 9.26. The van der Waals surface area contributed by atoms with Gasteiger partial charge in [0.25, 0.3) is 0 Å². The first-order valence-corrected chi connectivity index (χ1v) is 9.26. The Kier molecular flexibility index (Phi) is 4.31. The maximum atomic E-state index is 14.0. The van der Waals surface area contributed by atoms with Crippen LogP contribution in [0.15, 0.2) is 18.2 Å². The predicted octanol–water partition coefficient (Wildman–Crippen LogP) is 3.33. The van der Waals surface area contributed by atoms with Crippen molar-refractivity contribution in [2.24, 2.45) is 5.92 Å². The zero-order valence-corrected chi connectivity index (χ0v) is 15.3. The van der Waals surface area contributed by atoms with E-state index in [1.54, 1.807) is 6.07 Å². The minimum Gasteiger partial charge on any atom is -0.383 e. The van der Waals surface area contributed by atoms with E-state index in [1.165, 1.54) is 12.1 Å². The number of carbonyl (C=O) groups excluding carboxylic acids is 1. The number of halogens is 1. The predicted molar refractivity (Wildman–Crippen MR) is 100.0 cm³/mol. The van der Waals surface area contributed by atoms with Crippen molar-refractivity contribution in [2.75, 3.05) is 12.3 Å². The third-order valence-corrected chi connectivity index (χ3v) is 5.73. The van der Waals surface area contributed by atoms with Gasteiger partial charge in [0.1, 0.15) is 23.3 Å². The Morgan fingerprint density at radius 3 is 2.85 bits per heavy atom. The lowest BCUT2D eigenvalue weighted by Gasteiger charge is -2.35. The lowest BCUT2D eigenvalue weighted by atomic mass is 9.83. The summed E-state index contributed by atoms with van der Waals surface area (Å²) in [6, 6.07) is 6.65. The van der Waals surface area contributed by atoms with Crippen LogP contribution >= 0.6 is 0 Å². The summed E-state index contributed by atoms with van der Waals surface area (Å²) >= 11 is 0. The second-order valence-electron chi connectivity index (χ2n) is 7.38. The Balaban J connectivity index is 1.86. The van der Waals surface area contributed by atoms with Crippen LogP contribution in [0.1, 0.15) is 41.6 Å². The van der Waals surface area contributed by atoms with Gasteiger partial charge in [0, 0.05) is 36.6 Å². The van der Waals surface area contributed by atoms with E-state index in [0.717, 1.165) is 36.1 Å². The zero-order valence-electron chi connectivity index (χ0n) is 15.3. The smallest absolute Gasteiger partial charge is 0.225 e. The Labute approximate surface area is 157 Å². The van der Waals surface area contributed by atoms with Crippen LogP contribution in [0.25, 0.3) is 11.1 Å². The fourth-order valence-corrected chi connectivity index (χ4v) is 3.96. The highest BCUT2D eigenvalue weighted by atomic mass is 19.1. The molecular formula is C21H21FN4O. The van der Waals surface area contributed by atoms with Crippen molar-refractivity contribution in [1.82, 2.24) is 9.88 Å². The summed E-state index contributed by atoms with van der Waals surface area (Å²) in [6.07, 6.45) is 3.58. The Morgan fingerprint density at radius 2 is 2.19 bits per heavy atom. The highest BCUT2D eigenvalue weighted by Gasteiger charge is 2.33. The summed E-state index contributed by atoms with van der Waals surface area (Å²) in [5.41, 5.74) is 10.0. The number of fused-ring (bicyclic) bond motifs is 1. The van der Waals surface area contributed by atoms with Gasteiger partial charge < -0.3 is 10.6 Å². The van der Waals surface area contributed by atoms with Gasteiger partial charge >= 0.3 is 0 Å². The number of nitrogen functional groups attached to an aromatic ring is 1. The lowest BCUT2D eigenvalue weighted by molar-refractivity contribution is -0.139. The van der Waals surface area contributed by atoms with Gasteiger partial charge in [-0.25, -0.2) is 9.37 Å². The van der Waals surface area contributed by atoms with Gasteiger partial charge in [-0.2, -0.15) is 5.26 Å². The SMILES string of the molecule is Cc1ccc(F)cc1-c1c(C#N)c(N)nc2c1CN(C(=O)C1CCC1)CC2. The highest BCUT2D eigenvalue weighted by molar-refractivity contribution is 5.83. The molecule has 1 aromatic heterocycles. The number of rotatable bonds is 2. The number of nitrogens with two attached hydrogens (primary N) is 1. The zero-order chi connectivity index (χ0) is 19.1. The molecule has 2 aromatic rings. The minimum atomic E-state index is -0.373. The van der Waals surface area contributed by atoms with Crippen LogP contribution in [0.5, 0.6) is 0 Å². The van der Waals surface area contributed by atoms with Crippen molar-refractivity contribution in [2.45, 2.75) is 39.2 Å². The highest BCUT2D eigenvalue weighted by Crippen LogP contribution is 2.38. The molecule has 2 N–H and O–H groups in total. The van der Waals surface area contributed by atoms with E-state index in [-0.39, 0.29) is 29.0 Å². The molecule has 4 rings (SSSR count). The average Bonchev–Trinajstić information content (AvgIpc) is 2.61. The van der Waals surface area contributed by atoms with E-state index in [1.807, 2.05) is 11.8 Å². The fourth-order valence-electron chi connectivity index (χ4n) is 3.96. The Morgan fingerprint density at radius 1 is 1.41 bits per heavy atom.